The topological polar surface area (TPSA) is 58.6 Å². The van der Waals surface area contributed by atoms with Crippen LogP contribution in [0.5, 0.6) is 0 Å². The summed E-state index contributed by atoms with van der Waals surface area (Å²) < 4.78 is 5.30. The molecule has 0 bridgehead atoms. The fourth-order valence-corrected chi connectivity index (χ4v) is 2.21. The van der Waals surface area contributed by atoms with Crippen LogP contribution in [-0.2, 0) is 14.3 Å². The first-order valence-electron chi connectivity index (χ1n) is 6.71. The molecule has 0 spiro atoms. The Kier molecular flexibility index (Phi) is 5.14. The number of hydrogen-bond acceptors (Lipinski definition) is 3. The van der Waals surface area contributed by atoms with Gasteiger partial charge in [0.05, 0.1) is 6.61 Å². The summed E-state index contributed by atoms with van der Waals surface area (Å²) in [7, 11) is 0. The van der Waals surface area contributed by atoms with E-state index in [-0.39, 0.29) is 11.8 Å². The first-order valence-corrected chi connectivity index (χ1v) is 6.71. The molecular formula is C13H24N2O3. The quantitative estimate of drug-likeness (QED) is 0.719. The van der Waals surface area contributed by atoms with Crippen molar-refractivity contribution in [2.24, 2.45) is 0 Å². The lowest BCUT2D eigenvalue weighted by Gasteiger charge is -2.45. The van der Waals surface area contributed by atoms with Crippen LogP contribution < -0.4 is 5.32 Å². The molecule has 0 aromatic heterocycles. The molecule has 1 N–H and O–H groups in total. The molecule has 2 unspecified atom stereocenters. The van der Waals surface area contributed by atoms with E-state index in [1.54, 1.807) is 4.90 Å². The minimum Gasteiger partial charge on any atom is -0.380 e. The van der Waals surface area contributed by atoms with E-state index in [0.29, 0.717) is 32.6 Å². The predicted octanol–water partition coefficient (Wildman–Crippen LogP) is 0.929. The van der Waals surface area contributed by atoms with Crippen LogP contribution in [0.1, 0.15) is 40.5 Å². The standard InChI is InChI=1S/C13H24N2O3/c1-5-10-11(16)15(8-9-18-7-3)13(4,6-2)12(17)14-10/h10H,5-9H2,1-4H3,(H,14,17). The first kappa shape index (κ1) is 15.0. The Labute approximate surface area is 109 Å². The number of hydrogen-bond donors (Lipinski definition) is 1. The number of amides is 2. The van der Waals surface area contributed by atoms with Crippen molar-refractivity contribution in [3.8, 4) is 0 Å². The molecule has 1 aliphatic heterocycles. The van der Waals surface area contributed by atoms with E-state index < -0.39 is 11.6 Å². The molecule has 1 aliphatic rings. The van der Waals surface area contributed by atoms with Gasteiger partial charge in [0.15, 0.2) is 0 Å². The molecule has 1 saturated heterocycles. The average Bonchev–Trinajstić information content (AvgIpc) is 2.38. The van der Waals surface area contributed by atoms with E-state index in [4.69, 9.17) is 4.74 Å². The number of nitrogens with one attached hydrogen (secondary N) is 1. The minimum absolute atomic E-state index is 0.00107. The maximum absolute atomic E-state index is 12.3. The van der Waals surface area contributed by atoms with Crippen LogP contribution in [0.25, 0.3) is 0 Å². The van der Waals surface area contributed by atoms with Crippen LogP contribution in [0.3, 0.4) is 0 Å². The SMILES string of the molecule is CCOCCN1C(=O)C(CC)NC(=O)C1(C)CC. The third-order valence-corrected chi connectivity index (χ3v) is 3.71. The van der Waals surface area contributed by atoms with Crippen molar-refractivity contribution in [3.05, 3.63) is 0 Å². The lowest BCUT2D eigenvalue weighted by molar-refractivity contribution is -0.157. The van der Waals surface area contributed by atoms with Crippen molar-refractivity contribution in [2.45, 2.75) is 52.1 Å². The summed E-state index contributed by atoms with van der Waals surface area (Å²) in [5, 5.41) is 2.81. The fourth-order valence-electron chi connectivity index (χ4n) is 2.21. The Hall–Kier alpha value is -1.10. The van der Waals surface area contributed by atoms with Gasteiger partial charge in [0.2, 0.25) is 11.8 Å². The maximum atomic E-state index is 12.3. The molecule has 5 nitrogen and oxygen atoms in total. The first-order chi connectivity index (χ1) is 8.51. The van der Waals surface area contributed by atoms with E-state index in [0.717, 1.165) is 0 Å². The van der Waals surface area contributed by atoms with E-state index in [1.807, 2.05) is 27.7 Å². The number of carbonyl (C=O) groups excluding carboxylic acids is 2. The Morgan fingerprint density at radius 1 is 1.33 bits per heavy atom. The molecule has 1 fully saturated rings. The van der Waals surface area contributed by atoms with E-state index in [9.17, 15) is 9.59 Å². The van der Waals surface area contributed by atoms with Crippen LogP contribution >= 0.6 is 0 Å². The Bertz CT molecular complexity index is 319. The summed E-state index contributed by atoms with van der Waals surface area (Å²) in [6.45, 7) is 9.12. The molecule has 5 heteroatoms. The molecule has 18 heavy (non-hydrogen) atoms. The maximum Gasteiger partial charge on any atom is 0.246 e. The second kappa shape index (κ2) is 6.18. The van der Waals surface area contributed by atoms with Gasteiger partial charge in [-0.05, 0) is 26.7 Å². The molecule has 0 aliphatic carbocycles. The summed E-state index contributed by atoms with van der Waals surface area (Å²) >= 11 is 0. The summed E-state index contributed by atoms with van der Waals surface area (Å²) in [6, 6.07) is -0.390. The van der Waals surface area contributed by atoms with Crippen LogP contribution in [0.15, 0.2) is 0 Å². The van der Waals surface area contributed by atoms with Gasteiger partial charge in [0, 0.05) is 13.2 Å². The lowest BCUT2D eigenvalue weighted by atomic mass is 9.90. The molecule has 0 aromatic carbocycles. The van der Waals surface area contributed by atoms with Gasteiger partial charge in [-0.1, -0.05) is 13.8 Å². The summed E-state index contributed by atoms with van der Waals surface area (Å²) in [5.74, 6) is -0.0610. The molecule has 2 atom stereocenters. The molecule has 1 heterocycles. The van der Waals surface area contributed by atoms with E-state index in [2.05, 4.69) is 5.32 Å². The van der Waals surface area contributed by atoms with E-state index >= 15 is 0 Å². The third kappa shape index (κ3) is 2.66. The molecule has 0 radical (unpaired) electrons. The Morgan fingerprint density at radius 3 is 2.50 bits per heavy atom. The monoisotopic (exact) mass is 256 g/mol. The van der Waals surface area contributed by atoms with Crippen LogP contribution in [-0.4, -0.2) is 48.1 Å². The second-order valence-electron chi connectivity index (χ2n) is 4.75. The molecule has 0 aromatic rings. The highest BCUT2D eigenvalue weighted by molar-refractivity contribution is 5.99. The van der Waals surface area contributed by atoms with Gasteiger partial charge in [0.1, 0.15) is 11.6 Å². The van der Waals surface area contributed by atoms with Gasteiger partial charge in [-0.15, -0.1) is 0 Å². The Morgan fingerprint density at radius 2 is 2.00 bits per heavy atom. The predicted molar refractivity (Wildman–Crippen MR) is 69.1 cm³/mol. The van der Waals surface area contributed by atoms with Crippen LogP contribution in [0, 0.1) is 0 Å². The van der Waals surface area contributed by atoms with Gasteiger partial charge >= 0.3 is 0 Å². The number of piperazine rings is 1. The van der Waals surface area contributed by atoms with Crippen molar-refractivity contribution in [3.63, 3.8) is 0 Å². The van der Waals surface area contributed by atoms with Crippen LogP contribution in [0.4, 0.5) is 0 Å². The van der Waals surface area contributed by atoms with Crippen molar-refractivity contribution >= 4 is 11.8 Å². The summed E-state index contributed by atoms with van der Waals surface area (Å²) in [4.78, 5) is 26.2. The number of rotatable bonds is 6. The van der Waals surface area contributed by atoms with Crippen molar-refractivity contribution in [2.75, 3.05) is 19.8 Å². The number of carbonyl (C=O) groups is 2. The lowest BCUT2D eigenvalue weighted by Crippen LogP contribution is -2.69. The van der Waals surface area contributed by atoms with E-state index in [1.165, 1.54) is 0 Å². The summed E-state index contributed by atoms with van der Waals surface area (Å²) in [5.41, 5.74) is -0.750. The van der Waals surface area contributed by atoms with Crippen molar-refractivity contribution in [1.29, 1.82) is 0 Å². The molecule has 0 saturated carbocycles. The smallest absolute Gasteiger partial charge is 0.246 e. The summed E-state index contributed by atoms with van der Waals surface area (Å²) in [6.07, 6.45) is 1.22. The average molecular weight is 256 g/mol. The van der Waals surface area contributed by atoms with Crippen molar-refractivity contribution < 1.29 is 14.3 Å². The van der Waals surface area contributed by atoms with Gasteiger partial charge in [-0.2, -0.15) is 0 Å². The normalized spacial score (nSPS) is 28.4. The molecule has 1 rings (SSSR count). The highest BCUT2D eigenvalue weighted by Crippen LogP contribution is 2.25. The Balaban J connectivity index is 2.87. The number of nitrogens with zero attached hydrogens (tertiary/aromatic N) is 1. The minimum atomic E-state index is -0.750. The van der Waals surface area contributed by atoms with Gasteiger partial charge in [-0.25, -0.2) is 0 Å². The zero-order valence-electron chi connectivity index (χ0n) is 11.8. The molecule has 2 amide bonds. The fraction of sp³-hybridized carbons (Fsp3) is 0.846. The number of ether oxygens (including phenoxy) is 1. The third-order valence-electron chi connectivity index (χ3n) is 3.71. The zero-order chi connectivity index (χ0) is 13.8. The molecular weight excluding hydrogens is 232 g/mol. The van der Waals surface area contributed by atoms with Crippen molar-refractivity contribution in [1.82, 2.24) is 10.2 Å². The van der Waals surface area contributed by atoms with Gasteiger partial charge < -0.3 is 15.0 Å². The zero-order valence-corrected chi connectivity index (χ0v) is 11.8. The van der Waals surface area contributed by atoms with Gasteiger partial charge in [-0.3, -0.25) is 9.59 Å². The highest BCUT2D eigenvalue weighted by Gasteiger charge is 2.47. The second-order valence-corrected chi connectivity index (χ2v) is 4.75. The van der Waals surface area contributed by atoms with Crippen LogP contribution in [0.2, 0.25) is 0 Å². The van der Waals surface area contributed by atoms with Gasteiger partial charge in [0.25, 0.3) is 0 Å². The highest BCUT2D eigenvalue weighted by atomic mass is 16.5. The largest absolute Gasteiger partial charge is 0.380 e. The molecule has 104 valence electrons.